The minimum Gasteiger partial charge on any atom is -0.494 e. The topological polar surface area (TPSA) is 239 Å². The highest BCUT2D eigenvalue weighted by Gasteiger charge is 2.22. The van der Waals surface area contributed by atoms with E-state index in [1.807, 2.05) is 0 Å². The second kappa shape index (κ2) is 31.4. The number of carbonyl (C=O) groups is 6. The fourth-order valence-corrected chi connectivity index (χ4v) is 6.68. The molecule has 4 aromatic rings. The van der Waals surface area contributed by atoms with Gasteiger partial charge in [-0.15, -0.1) is 0 Å². The Morgan fingerprint density at radius 2 is 0.611 bits per heavy atom. The largest absolute Gasteiger partial charge is 0.494 e. The van der Waals surface area contributed by atoms with E-state index in [0.29, 0.717) is 54.1 Å². The van der Waals surface area contributed by atoms with Crippen LogP contribution in [-0.4, -0.2) is 72.0 Å². The van der Waals surface area contributed by atoms with Gasteiger partial charge >= 0.3 is 0 Å². The molecule has 3 amide bonds. The number of rotatable bonds is 33. The van der Waals surface area contributed by atoms with E-state index < -0.39 is 52.2 Å². The lowest BCUT2D eigenvalue weighted by molar-refractivity contribution is -0.116. The number of hydrogen-bond acceptors (Lipinski definition) is 15. The van der Waals surface area contributed by atoms with Crippen LogP contribution in [-0.2, 0) is 28.8 Å². The van der Waals surface area contributed by atoms with Gasteiger partial charge < -0.3 is 30.2 Å². The second-order valence-electron chi connectivity index (χ2n) is 16.8. The van der Waals surface area contributed by atoms with Crippen molar-refractivity contribution in [2.45, 2.75) is 119 Å². The number of Topliss-reactive ketones (excluding diaryl/α,β-unsaturated/α-hetero) is 3. The van der Waals surface area contributed by atoms with Gasteiger partial charge in [0.25, 0.3) is 17.7 Å². The van der Waals surface area contributed by atoms with Gasteiger partial charge in [0, 0.05) is 37.8 Å². The summed E-state index contributed by atoms with van der Waals surface area (Å²) < 4.78 is 17.4. The Morgan fingerprint density at radius 3 is 0.833 bits per heavy atom. The van der Waals surface area contributed by atoms with Crippen molar-refractivity contribution < 1.29 is 43.0 Å². The lowest BCUT2D eigenvalue weighted by Crippen LogP contribution is -2.31. The molecule has 0 atom stereocenters. The van der Waals surface area contributed by atoms with Crippen molar-refractivity contribution >= 4 is 86.3 Å². The number of anilines is 6. The highest BCUT2D eigenvalue weighted by Crippen LogP contribution is 2.25. The molecule has 0 aliphatic carbocycles. The Balaban J connectivity index is 1.56. The van der Waals surface area contributed by atoms with Gasteiger partial charge in [-0.05, 0) is 110 Å². The molecule has 0 radical (unpaired) electrons. The third-order valence-corrected chi connectivity index (χ3v) is 10.6. The molecule has 0 aromatic heterocycles. The molecule has 0 saturated carbocycles. The summed E-state index contributed by atoms with van der Waals surface area (Å²) in [5.74, 6) is -2.87. The molecule has 72 heavy (non-hydrogen) atoms. The number of amides is 3. The van der Waals surface area contributed by atoms with Gasteiger partial charge in [0.05, 0.1) is 36.9 Å². The highest BCUT2D eigenvalue weighted by atomic mass is 16.5. The van der Waals surface area contributed by atoms with Crippen LogP contribution in [0.5, 0.6) is 17.2 Å². The summed E-state index contributed by atoms with van der Waals surface area (Å²) in [5, 5.41) is 20.0. The third kappa shape index (κ3) is 20.6. The molecule has 0 saturated heterocycles. The summed E-state index contributed by atoms with van der Waals surface area (Å²) in [6.07, 6.45) is 12.8. The van der Waals surface area contributed by atoms with E-state index in [1.165, 1.54) is 39.0 Å². The molecule has 0 unspecified atom stereocenters. The molecule has 18 heteroatoms. The van der Waals surface area contributed by atoms with Crippen LogP contribution in [0.25, 0.3) is 0 Å². The van der Waals surface area contributed by atoms with Crippen LogP contribution >= 0.6 is 0 Å². The zero-order chi connectivity index (χ0) is 52.1. The van der Waals surface area contributed by atoms with E-state index in [4.69, 9.17) is 14.2 Å². The monoisotopic (exact) mass is 988 g/mol. The number of nitrogens with zero attached hydrogens (tertiary/aromatic N) is 3. The predicted octanol–water partition coefficient (Wildman–Crippen LogP) is 10.6. The van der Waals surface area contributed by atoms with Gasteiger partial charge in [-0.2, -0.15) is 15.3 Å². The fraction of sp³-hybridized carbons (Fsp3) is 0.389. The molecule has 0 bridgehead atoms. The second-order valence-corrected chi connectivity index (χ2v) is 16.8. The van der Waals surface area contributed by atoms with Gasteiger partial charge in [0.1, 0.15) is 17.2 Å². The standard InChI is InChI=1S/C54H69N9O9/c1-7-10-13-16-31-70-46-25-19-40(20-26-46)58-61-49(37(4)64)52(67)55-43-34-44(56-53(68)50(38(5)65)62-59-41-21-27-47(28-22-41)71-32-17-14-11-8-2)36-45(35-43)57-54(69)51(39(6)66)63-60-42-23-29-48(30-24-42)72-33-18-15-12-9-3/h19-30,34-36,58-60H,7-18,31-33H2,1-6H3,(H,55,67)(H,56,68)(H,57,69)/b61-49-,62-50+,63-51+. The lowest BCUT2D eigenvalue weighted by Gasteiger charge is -2.14. The Kier molecular flexibility index (Phi) is 24.7. The van der Waals surface area contributed by atoms with Crippen LogP contribution in [0.1, 0.15) is 119 Å². The van der Waals surface area contributed by atoms with E-state index in [0.717, 1.165) is 77.0 Å². The van der Waals surface area contributed by atoms with Gasteiger partial charge in [-0.3, -0.25) is 45.0 Å². The maximum atomic E-state index is 13.7. The van der Waals surface area contributed by atoms with Gasteiger partial charge in [-0.1, -0.05) is 78.6 Å². The van der Waals surface area contributed by atoms with Gasteiger partial charge in [-0.25, -0.2) is 0 Å². The van der Waals surface area contributed by atoms with Crippen LogP contribution in [0, 0.1) is 0 Å². The molecular weight excluding hydrogens is 919 g/mol. The van der Waals surface area contributed by atoms with E-state index in [9.17, 15) is 28.8 Å². The average molecular weight is 988 g/mol. The summed E-state index contributed by atoms with van der Waals surface area (Å²) in [6.45, 7) is 11.7. The molecule has 4 rings (SSSR count). The first kappa shape index (κ1) is 56.7. The zero-order valence-electron chi connectivity index (χ0n) is 42.3. The number of unbranched alkanes of at least 4 members (excludes halogenated alkanes) is 9. The first-order valence-corrected chi connectivity index (χ1v) is 24.6. The van der Waals surface area contributed by atoms with Crippen molar-refractivity contribution in [2.24, 2.45) is 15.3 Å². The number of benzene rings is 4. The molecule has 0 fully saturated rings. The predicted molar refractivity (Wildman–Crippen MR) is 286 cm³/mol. The summed E-state index contributed by atoms with van der Waals surface area (Å²) in [5.41, 5.74) is 8.03. The van der Waals surface area contributed by atoms with Crippen molar-refractivity contribution in [3.63, 3.8) is 0 Å². The first-order chi connectivity index (χ1) is 34.8. The molecule has 18 nitrogen and oxygen atoms in total. The van der Waals surface area contributed by atoms with Crippen molar-refractivity contribution in [2.75, 3.05) is 52.0 Å². The normalized spacial score (nSPS) is 11.5. The molecule has 4 aromatic carbocycles. The zero-order valence-corrected chi connectivity index (χ0v) is 42.3. The smallest absolute Gasteiger partial charge is 0.279 e. The first-order valence-electron chi connectivity index (χ1n) is 24.6. The number of hydrogen-bond donors (Lipinski definition) is 6. The van der Waals surface area contributed by atoms with Crippen LogP contribution < -0.4 is 46.4 Å². The number of nitrogens with one attached hydrogen (secondary N) is 6. The summed E-state index contributed by atoms with van der Waals surface area (Å²) in [7, 11) is 0. The van der Waals surface area contributed by atoms with Crippen molar-refractivity contribution in [1.82, 2.24) is 0 Å². The number of hydrazone groups is 3. The van der Waals surface area contributed by atoms with Crippen LogP contribution in [0.15, 0.2) is 106 Å². The molecule has 0 spiro atoms. The SMILES string of the molecule is CCCCCCOc1ccc(N/N=C(/C(C)=O)C(=O)Nc2cc(NC(=O)/C(=N/Nc3ccc(OCCCCCC)cc3)C(C)=O)cc(NC(=O)/C(=N/Nc3ccc(OCCCCCC)cc3)C(C)=O)c2)cc1. The molecular formula is C54H69N9O9. The summed E-state index contributed by atoms with van der Waals surface area (Å²) in [4.78, 5) is 79.4. The minimum absolute atomic E-state index is 0.0262. The molecule has 384 valence electrons. The minimum atomic E-state index is -0.936. The Bertz CT molecular complexity index is 2220. The fourth-order valence-electron chi connectivity index (χ4n) is 6.68. The van der Waals surface area contributed by atoms with Gasteiger partial charge in [0.2, 0.25) is 0 Å². The summed E-state index contributed by atoms with van der Waals surface area (Å²) in [6, 6.07) is 24.5. The van der Waals surface area contributed by atoms with Crippen molar-refractivity contribution in [3.8, 4) is 17.2 Å². The van der Waals surface area contributed by atoms with Gasteiger partial charge in [0.15, 0.2) is 34.5 Å². The molecule has 0 heterocycles. The maximum Gasteiger partial charge on any atom is 0.279 e. The quantitative estimate of drug-likeness (QED) is 0.0113. The lowest BCUT2D eigenvalue weighted by atomic mass is 10.2. The van der Waals surface area contributed by atoms with Crippen LogP contribution in [0.4, 0.5) is 34.1 Å². The molecule has 0 aliphatic rings. The van der Waals surface area contributed by atoms with E-state index in [-0.39, 0.29) is 17.1 Å². The molecule has 6 N–H and O–H groups in total. The Morgan fingerprint density at radius 1 is 0.361 bits per heavy atom. The molecule has 0 aliphatic heterocycles. The van der Waals surface area contributed by atoms with Crippen molar-refractivity contribution in [1.29, 1.82) is 0 Å². The van der Waals surface area contributed by atoms with E-state index in [1.54, 1.807) is 72.8 Å². The number of ether oxygens (including phenoxy) is 3. The average Bonchev–Trinajstić information content (AvgIpc) is 3.35. The van der Waals surface area contributed by atoms with E-state index >= 15 is 0 Å². The van der Waals surface area contributed by atoms with Crippen LogP contribution in [0.3, 0.4) is 0 Å². The summed E-state index contributed by atoms with van der Waals surface area (Å²) >= 11 is 0. The van der Waals surface area contributed by atoms with E-state index in [2.05, 4.69) is 68.3 Å². The van der Waals surface area contributed by atoms with Crippen LogP contribution in [0.2, 0.25) is 0 Å². The number of carbonyl (C=O) groups excluding carboxylic acids is 6. The third-order valence-electron chi connectivity index (χ3n) is 10.6. The Labute approximate surface area is 422 Å². The Hall–Kier alpha value is -7.89. The maximum absolute atomic E-state index is 13.7. The number of ketones is 3. The highest BCUT2D eigenvalue weighted by molar-refractivity contribution is 6.68. The van der Waals surface area contributed by atoms with Crippen molar-refractivity contribution in [3.05, 3.63) is 91.0 Å².